The van der Waals surface area contributed by atoms with Gasteiger partial charge in [0.15, 0.2) is 0 Å². The van der Waals surface area contributed by atoms with Crippen LogP contribution in [0.4, 0.5) is 0 Å². The van der Waals surface area contributed by atoms with Crippen molar-refractivity contribution in [3.05, 3.63) is 31.8 Å². The second kappa shape index (κ2) is 3.39. The first kappa shape index (κ1) is 8.07. The van der Waals surface area contributed by atoms with Gasteiger partial charge in [0.05, 0.1) is 3.70 Å². The molecule has 1 aromatic heterocycles. The summed E-state index contributed by atoms with van der Waals surface area (Å²) in [5, 5.41) is 0. The third-order valence-corrected chi connectivity index (χ3v) is 1.92. The van der Waals surface area contributed by atoms with E-state index in [-0.39, 0.29) is 5.56 Å². The molecular weight excluding hydrogens is 264 g/mol. The molecule has 1 rings (SSSR count). The molecule has 0 aliphatic rings. The third-order valence-electron chi connectivity index (χ3n) is 1.03. The largest absolute Gasteiger partial charge is 0.317 e. The third kappa shape index (κ3) is 1.98. The van der Waals surface area contributed by atoms with Gasteiger partial charge in [-0.25, -0.2) is 0 Å². The molecule has 0 saturated heterocycles. The number of aromatic nitrogens is 1. The number of hydrogen-bond acceptors (Lipinski definition) is 1. The van der Waals surface area contributed by atoms with E-state index in [0.717, 1.165) is 9.26 Å². The fraction of sp³-hybridized carbons (Fsp3) is 0.167. The summed E-state index contributed by atoms with van der Waals surface area (Å²) in [6, 6.07) is 3.34. The number of hydrogen-bond donors (Lipinski definition) is 1. The highest BCUT2D eigenvalue weighted by molar-refractivity contribution is 14.1. The van der Waals surface area contributed by atoms with Crippen LogP contribution in [0.1, 0.15) is 5.56 Å². The summed E-state index contributed by atoms with van der Waals surface area (Å²) < 4.78 is 0.820. The number of aromatic amines is 1. The normalized spacial score (nSPS) is 9.80. The first-order valence-electron chi connectivity index (χ1n) is 2.67. The highest BCUT2D eigenvalue weighted by Gasteiger charge is 1.93. The SMILES string of the molecule is O=c1cc(CCl)cc(I)[nH]1. The molecule has 0 aliphatic carbocycles. The van der Waals surface area contributed by atoms with Crippen LogP contribution in [0.5, 0.6) is 0 Å². The maximum absolute atomic E-state index is 10.8. The van der Waals surface area contributed by atoms with Crippen molar-refractivity contribution >= 4 is 34.2 Å². The van der Waals surface area contributed by atoms with Crippen molar-refractivity contribution in [1.82, 2.24) is 4.98 Å². The molecule has 0 atom stereocenters. The van der Waals surface area contributed by atoms with Crippen LogP contribution in [0.15, 0.2) is 16.9 Å². The molecule has 0 bridgehead atoms. The average Bonchev–Trinajstić information content (AvgIpc) is 1.85. The Kier molecular flexibility index (Phi) is 2.73. The molecule has 1 N–H and O–H groups in total. The van der Waals surface area contributed by atoms with E-state index in [0.29, 0.717) is 5.88 Å². The predicted molar refractivity (Wildman–Crippen MR) is 49.3 cm³/mol. The number of halogens is 2. The summed E-state index contributed by atoms with van der Waals surface area (Å²) in [5.41, 5.74) is 0.761. The standard InChI is InChI=1S/C6H5ClINO/c7-3-4-1-5(8)9-6(10)2-4/h1-2H,3H2,(H,9,10). The minimum atomic E-state index is -0.0949. The van der Waals surface area contributed by atoms with Crippen molar-refractivity contribution in [2.45, 2.75) is 5.88 Å². The van der Waals surface area contributed by atoms with Gasteiger partial charge in [-0.15, -0.1) is 11.6 Å². The Hall–Kier alpha value is -0.0300. The first-order valence-corrected chi connectivity index (χ1v) is 4.28. The van der Waals surface area contributed by atoms with Gasteiger partial charge in [0.2, 0.25) is 5.56 Å². The summed E-state index contributed by atoms with van der Waals surface area (Å²) in [6.07, 6.45) is 0. The number of pyridine rings is 1. The van der Waals surface area contributed by atoms with Crippen LogP contribution in [-0.2, 0) is 5.88 Å². The predicted octanol–water partition coefficient (Wildman–Crippen LogP) is 1.72. The monoisotopic (exact) mass is 269 g/mol. The maximum atomic E-state index is 10.8. The minimum Gasteiger partial charge on any atom is -0.317 e. The summed E-state index contributed by atoms with van der Waals surface area (Å²) in [4.78, 5) is 13.4. The van der Waals surface area contributed by atoms with Crippen LogP contribution in [-0.4, -0.2) is 4.98 Å². The molecule has 10 heavy (non-hydrogen) atoms. The van der Waals surface area contributed by atoms with Crippen molar-refractivity contribution in [2.24, 2.45) is 0 Å². The van der Waals surface area contributed by atoms with E-state index in [4.69, 9.17) is 11.6 Å². The quantitative estimate of drug-likeness (QED) is 0.470. The molecule has 0 aliphatic heterocycles. The van der Waals surface area contributed by atoms with Gasteiger partial charge in [-0.3, -0.25) is 4.79 Å². The Morgan fingerprint density at radius 2 is 2.30 bits per heavy atom. The Morgan fingerprint density at radius 3 is 2.80 bits per heavy atom. The summed E-state index contributed by atoms with van der Waals surface area (Å²) in [6.45, 7) is 0. The summed E-state index contributed by atoms with van der Waals surface area (Å²) >= 11 is 7.55. The highest BCUT2D eigenvalue weighted by Crippen LogP contribution is 2.03. The van der Waals surface area contributed by atoms with Crippen molar-refractivity contribution in [2.75, 3.05) is 0 Å². The lowest BCUT2D eigenvalue weighted by Gasteiger charge is -1.93. The molecule has 0 saturated carbocycles. The number of H-pyrrole nitrogens is 1. The molecule has 0 spiro atoms. The summed E-state index contributed by atoms with van der Waals surface area (Å²) in [5.74, 6) is 0.389. The minimum absolute atomic E-state index is 0.0949. The Balaban J connectivity index is 3.19. The smallest absolute Gasteiger partial charge is 0.249 e. The van der Waals surface area contributed by atoms with Gasteiger partial charge in [0.1, 0.15) is 0 Å². The van der Waals surface area contributed by atoms with E-state index in [1.54, 1.807) is 0 Å². The van der Waals surface area contributed by atoms with Gasteiger partial charge in [-0.2, -0.15) is 0 Å². The van der Waals surface area contributed by atoms with Gasteiger partial charge in [-0.1, -0.05) is 0 Å². The van der Waals surface area contributed by atoms with E-state index in [1.165, 1.54) is 6.07 Å². The fourth-order valence-electron chi connectivity index (χ4n) is 0.640. The van der Waals surface area contributed by atoms with Crippen LogP contribution in [0.3, 0.4) is 0 Å². The van der Waals surface area contributed by atoms with E-state index >= 15 is 0 Å². The van der Waals surface area contributed by atoms with Gasteiger partial charge in [-0.05, 0) is 34.2 Å². The van der Waals surface area contributed by atoms with Crippen LogP contribution in [0, 0.1) is 3.70 Å². The molecule has 1 aromatic rings. The van der Waals surface area contributed by atoms with Crippen LogP contribution in [0.2, 0.25) is 0 Å². The molecular formula is C6H5ClINO. The van der Waals surface area contributed by atoms with Crippen LogP contribution in [0.25, 0.3) is 0 Å². The molecule has 4 heteroatoms. The first-order chi connectivity index (χ1) is 4.72. The molecule has 0 aromatic carbocycles. The number of nitrogens with one attached hydrogen (secondary N) is 1. The molecule has 0 radical (unpaired) electrons. The number of rotatable bonds is 1. The number of alkyl halides is 1. The lowest BCUT2D eigenvalue weighted by atomic mass is 10.3. The van der Waals surface area contributed by atoms with E-state index in [1.807, 2.05) is 28.7 Å². The van der Waals surface area contributed by atoms with Crippen LogP contribution < -0.4 is 5.56 Å². The molecule has 54 valence electrons. The Labute approximate surface area is 76.7 Å². The average molecular weight is 269 g/mol. The van der Waals surface area contributed by atoms with Crippen molar-refractivity contribution in [3.8, 4) is 0 Å². The maximum Gasteiger partial charge on any atom is 0.249 e. The zero-order chi connectivity index (χ0) is 7.56. The van der Waals surface area contributed by atoms with Crippen LogP contribution >= 0.6 is 34.2 Å². The van der Waals surface area contributed by atoms with Crippen molar-refractivity contribution in [1.29, 1.82) is 0 Å². The van der Waals surface area contributed by atoms with E-state index < -0.39 is 0 Å². The topological polar surface area (TPSA) is 32.9 Å². The molecule has 0 amide bonds. The zero-order valence-electron chi connectivity index (χ0n) is 5.03. The van der Waals surface area contributed by atoms with E-state index in [2.05, 4.69) is 4.98 Å². The Bertz CT molecular complexity index is 283. The second-order valence-corrected chi connectivity index (χ2v) is 3.26. The highest BCUT2D eigenvalue weighted by atomic mass is 127. The lowest BCUT2D eigenvalue weighted by molar-refractivity contribution is 1.16. The molecule has 0 unspecified atom stereocenters. The zero-order valence-corrected chi connectivity index (χ0v) is 7.94. The van der Waals surface area contributed by atoms with Gasteiger partial charge >= 0.3 is 0 Å². The van der Waals surface area contributed by atoms with Crippen molar-refractivity contribution < 1.29 is 0 Å². The summed E-state index contributed by atoms with van der Waals surface area (Å²) in [7, 11) is 0. The van der Waals surface area contributed by atoms with Gasteiger partial charge in [0.25, 0.3) is 0 Å². The lowest BCUT2D eigenvalue weighted by Crippen LogP contribution is -2.06. The Morgan fingerprint density at radius 1 is 1.60 bits per heavy atom. The second-order valence-electron chi connectivity index (χ2n) is 1.83. The van der Waals surface area contributed by atoms with Gasteiger partial charge in [0, 0.05) is 11.9 Å². The molecule has 0 fully saturated rings. The molecule has 2 nitrogen and oxygen atoms in total. The fourth-order valence-corrected chi connectivity index (χ4v) is 1.46. The van der Waals surface area contributed by atoms with E-state index in [9.17, 15) is 4.79 Å². The van der Waals surface area contributed by atoms with Crippen molar-refractivity contribution in [3.63, 3.8) is 0 Å². The van der Waals surface area contributed by atoms with Gasteiger partial charge < -0.3 is 4.98 Å². The molecule has 1 heterocycles.